The number of hydrogen-bond donors (Lipinski definition) is 3. The van der Waals surface area contributed by atoms with Crippen molar-refractivity contribution in [3.05, 3.63) is 53.2 Å². The van der Waals surface area contributed by atoms with Gasteiger partial charge in [0, 0.05) is 25.0 Å². The molecular formula is C18H22F3N5. The van der Waals surface area contributed by atoms with Crippen molar-refractivity contribution in [2.45, 2.75) is 26.4 Å². The average molecular weight is 365 g/mol. The van der Waals surface area contributed by atoms with Gasteiger partial charge < -0.3 is 16.4 Å². The fourth-order valence-corrected chi connectivity index (χ4v) is 2.40. The van der Waals surface area contributed by atoms with Gasteiger partial charge in [-0.25, -0.2) is 4.98 Å². The topological polar surface area (TPSA) is 75.3 Å². The number of rotatable bonds is 6. The lowest BCUT2D eigenvalue weighted by Gasteiger charge is -2.09. The predicted octanol–water partition coefficient (Wildman–Crippen LogP) is 3.95. The molecular weight excluding hydrogens is 343 g/mol. The third-order valence-electron chi connectivity index (χ3n) is 3.51. The highest BCUT2D eigenvalue weighted by molar-refractivity contribution is 5.92. The monoisotopic (exact) mass is 365 g/mol. The molecule has 0 radical (unpaired) electrons. The summed E-state index contributed by atoms with van der Waals surface area (Å²) in [4.78, 5) is 7.98. The number of benzene rings is 1. The Hall–Kier alpha value is -2.77. The van der Waals surface area contributed by atoms with Crippen molar-refractivity contribution in [2.24, 2.45) is 10.7 Å². The highest BCUT2D eigenvalue weighted by Crippen LogP contribution is 2.28. The minimum atomic E-state index is -4.37. The lowest BCUT2D eigenvalue weighted by atomic mass is 10.1. The zero-order chi connectivity index (χ0) is 19.2. The molecule has 0 bridgehead atoms. The van der Waals surface area contributed by atoms with Crippen LogP contribution in [0.25, 0.3) is 0 Å². The van der Waals surface area contributed by atoms with Crippen molar-refractivity contribution in [3.8, 4) is 0 Å². The van der Waals surface area contributed by atoms with Crippen molar-refractivity contribution in [2.75, 3.05) is 23.7 Å². The van der Waals surface area contributed by atoms with Crippen LogP contribution in [0.3, 0.4) is 0 Å². The summed E-state index contributed by atoms with van der Waals surface area (Å²) in [7, 11) is 0. The molecule has 0 aliphatic rings. The summed E-state index contributed by atoms with van der Waals surface area (Å²) in [5.74, 6) is 0.714. The molecule has 0 saturated heterocycles. The molecule has 26 heavy (non-hydrogen) atoms. The molecule has 140 valence electrons. The zero-order valence-electron chi connectivity index (χ0n) is 14.7. The van der Waals surface area contributed by atoms with Crippen LogP contribution < -0.4 is 16.4 Å². The minimum Gasteiger partial charge on any atom is -0.370 e. The lowest BCUT2D eigenvalue weighted by Crippen LogP contribution is -2.23. The van der Waals surface area contributed by atoms with Gasteiger partial charge in [-0.2, -0.15) is 13.2 Å². The van der Waals surface area contributed by atoms with Gasteiger partial charge >= 0.3 is 6.18 Å². The van der Waals surface area contributed by atoms with E-state index in [9.17, 15) is 13.2 Å². The van der Waals surface area contributed by atoms with Crippen LogP contribution in [0.1, 0.15) is 23.1 Å². The Morgan fingerprint density at radius 3 is 2.42 bits per heavy atom. The maximum absolute atomic E-state index is 12.5. The van der Waals surface area contributed by atoms with Crippen molar-refractivity contribution < 1.29 is 13.2 Å². The molecule has 2 aromatic rings. The van der Waals surface area contributed by atoms with E-state index < -0.39 is 11.7 Å². The largest absolute Gasteiger partial charge is 0.417 e. The first kappa shape index (κ1) is 19.6. The average Bonchev–Trinajstić information content (AvgIpc) is 2.53. The Bertz CT molecular complexity index is 734. The van der Waals surface area contributed by atoms with Gasteiger partial charge in [0.15, 0.2) is 5.96 Å². The smallest absolute Gasteiger partial charge is 0.370 e. The van der Waals surface area contributed by atoms with E-state index in [0.717, 1.165) is 29.1 Å². The van der Waals surface area contributed by atoms with Gasteiger partial charge in [-0.3, -0.25) is 4.99 Å². The maximum atomic E-state index is 12.5. The third kappa shape index (κ3) is 6.27. The second-order valence-corrected chi connectivity index (χ2v) is 5.98. The summed E-state index contributed by atoms with van der Waals surface area (Å²) in [6.07, 6.45) is -2.90. The molecule has 1 aromatic carbocycles. The molecule has 8 heteroatoms. The lowest BCUT2D eigenvalue weighted by molar-refractivity contribution is -0.137. The summed E-state index contributed by atoms with van der Waals surface area (Å²) >= 11 is 0. The number of alkyl halides is 3. The van der Waals surface area contributed by atoms with Crippen LogP contribution in [0.4, 0.5) is 24.7 Å². The molecule has 5 nitrogen and oxygen atoms in total. The van der Waals surface area contributed by atoms with E-state index in [2.05, 4.69) is 26.7 Å². The van der Waals surface area contributed by atoms with Crippen molar-refractivity contribution in [1.29, 1.82) is 0 Å². The van der Waals surface area contributed by atoms with Crippen LogP contribution in [0.5, 0.6) is 0 Å². The quantitative estimate of drug-likeness (QED) is 0.412. The van der Waals surface area contributed by atoms with E-state index in [-0.39, 0.29) is 0 Å². The first-order valence-corrected chi connectivity index (χ1v) is 8.16. The Kier molecular flexibility index (Phi) is 6.43. The van der Waals surface area contributed by atoms with Crippen LogP contribution in [0.2, 0.25) is 0 Å². The third-order valence-corrected chi connectivity index (χ3v) is 3.51. The van der Waals surface area contributed by atoms with Gasteiger partial charge in [-0.05, 0) is 55.7 Å². The zero-order valence-corrected chi connectivity index (χ0v) is 14.7. The van der Waals surface area contributed by atoms with Gasteiger partial charge in [0.2, 0.25) is 0 Å². The summed E-state index contributed by atoms with van der Waals surface area (Å²) in [5, 5.41) is 5.99. The molecule has 0 fully saturated rings. The van der Waals surface area contributed by atoms with Crippen molar-refractivity contribution >= 4 is 17.5 Å². The van der Waals surface area contributed by atoms with Gasteiger partial charge in [0.05, 0.1) is 5.56 Å². The molecule has 0 unspecified atom stereocenters. The number of aryl methyl sites for hydroxylation is 2. The minimum absolute atomic E-state index is 0.322. The fourth-order valence-electron chi connectivity index (χ4n) is 2.40. The molecule has 0 aliphatic heterocycles. The van der Waals surface area contributed by atoms with Gasteiger partial charge in [-0.1, -0.05) is 6.07 Å². The number of nitrogens with two attached hydrogens (primary N) is 1. The van der Waals surface area contributed by atoms with E-state index in [0.29, 0.717) is 31.3 Å². The number of nitrogens with zero attached hydrogens (tertiary/aromatic N) is 2. The molecule has 1 heterocycles. The molecule has 0 spiro atoms. The summed E-state index contributed by atoms with van der Waals surface area (Å²) in [5.41, 5.74) is 8.24. The normalized spacial score (nSPS) is 12.1. The molecule has 0 amide bonds. The number of pyridine rings is 1. The van der Waals surface area contributed by atoms with Gasteiger partial charge in [0.1, 0.15) is 5.82 Å². The first-order chi connectivity index (χ1) is 12.2. The molecule has 2 rings (SSSR count). The molecule has 0 atom stereocenters. The van der Waals surface area contributed by atoms with Crippen LogP contribution >= 0.6 is 0 Å². The molecule has 0 aliphatic carbocycles. The number of hydrogen-bond acceptors (Lipinski definition) is 3. The van der Waals surface area contributed by atoms with E-state index in [1.54, 1.807) is 0 Å². The second-order valence-electron chi connectivity index (χ2n) is 5.98. The first-order valence-electron chi connectivity index (χ1n) is 8.16. The highest BCUT2D eigenvalue weighted by atomic mass is 19.4. The highest BCUT2D eigenvalue weighted by Gasteiger charge is 2.30. The van der Waals surface area contributed by atoms with E-state index in [1.807, 2.05) is 26.0 Å². The van der Waals surface area contributed by atoms with E-state index in [1.165, 1.54) is 6.07 Å². The van der Waals surface area contributed by atoms with Crippen LogP contribution in [-0.2, 0) is 6.18 Å². The van der Waals surface area contributed by atoms with Crippen LogP contribution in [0, 0.1) is 13.8 Å². The standard InChI is InChI=1S/C18H22F3N5/c1-12-8-13(2)10-15(9-12)26-17(22)24-7-3-6-23-16-5-4-14(11-25-16)18(19,20)21/h4-5,8-11H,3,6-7H2,1-2H3,(H,23,25)(H3,22,24,26). The number of guanidine groups is 1. The molecule has 1 aromatic heterocycles. The molecule has 0 saturated carbocycles. The SMILES string of the molecule is Cc1cc(C)cc(NC(N)=NCCCNc2ccc(C(F)(F)F)cn2)c1. The summed E-state index contributed by atoms with van der Waals surface area (Å²) in [6.45, 7) is 5.02. The van der Waals surface area contributed by atoms with Gasteiger partial charge in [0.25, 0.3) is 0 Å². The number of aliphatic imine (C=N–C) groups is 1. The van der Waals surface area contributed by atoms with Crippen LogP contribution in [-0.4, -0.2) is 24.0 Å². The Labute approximate surface area is 150 Å². The summed E-state index contributed by atoms with van der Waals surface area (Å²) < 4.78 is 37.4. The number of nitrogens with one attached hydrogen (secondary N) is 2. The number of aromatic nitrogens is 1. The fraction of sp³-hybridized carbons (Fsp3) is 0.333. The second kappa shape index (κ2) is 8.55. The van der Waals surface area contributed by atoms with Crippen LogP contribution in [0.15, 0.2) is 41.5 Å². The number of halogens is 3. The Morgan fingerprint density at radius 1 is 1.15 bits per heavy atom. The van der Waals surface area contributed by atoms with E-state index >= 15 is 0 Å². The van der Waals surface area contributed by atoms with E-state index in [4.69, 9.17) is 5.73 Å². The Balaban J connectivity index is 1.74. The predicted molar refractivity (Wildman–Crippen MR) is 98.4 cm³/mol. The summed E-state index contributed by atoms with van der Waals surface area (Å²) in [6, 6.07) is 8.33. The number of anilines is 2. The molecule has 4 N–H and O–H groups in total. The van der Waals surface area contributed by atoms with Gasteiger partial charge in [-0.15, -0.1) is 0 Å². The van der Waals surface area contributed by atoms with Crippen molar-refractivity contribution in [1.82, 2.24) is 4.98 Å². The Morgan fingerprint density at radius 2 is 1.85 bits per heavy atom. The maximum Gasteiger partial charge on any atom is 0.417 e. The van der Waals surface area contributed by atoms with Crippen molar-refractivity contribution in [3.63, 3.8) is 0 Å².